The van der Waals surface area contributed by atoms with Crippen LogP contribution in [0.15, 0.2) is 35.8 Å². The first-order valence-corrected chi connectivity index (χ1v) is 6.94. The Morgan fingerprint density at radius 3 is 2.62 bits per heavy atom. The van der Waals surface area contributed by atoms with Gasteiger partial charge < -0.3 is 4.57 Å². The van der Waals surface area contributed by atoms with Gasteiger partial charge in [0.15, 0.2) is 0 Å². The van der Waals surface area contributed by atoms with E-state index in [1.165, 1.54) is 11.4 Å². The third-order valence-electron chi connectivity index (χ3n) is 3.33. The van der Waals surface area contributed by atoms with Gasteiger partial charge in [-0.25, -0.2) is 0 Å². The number of benzene rings is 1. The van der Waals surface area contributed by atoms with Gasteiger partial charge in [-0.1, -0.05) is 0 Å². The van der Waals surface area contributed by atoms with Crippen molar-refractivity contribution in [2.45, 2.75) is 6.18 Å². The molecule has 1 aromatic carbocycles. The molecule has 0 N–H and O–H groups in total. The smallest absolute Gasteiger partial charge is 0.350 e. The predicted octanol–water partition coefficient (Wildman–Crippen LogP) is 4.80. The first-order valence-electron chi connectivity index (χ1n) is 6.06. The second kappa shape index (κ2) is 4.64. The maximum absolute atomic E-state index is 13.1. The highest BCUT2D eigenvalue weighted by atomic mass is 32.1. The molecule has 2 nitrogen and oxygen atoms in total. The lowest BCUT2D eigenvalue weighted by atomic mass is 10.0. The van der Waals surface area contributed by atoms with Crippen molar-refractivity contribution in [3.05, 3.63) is 46.3 Å². The lowest BCUT2D eigenvalue weighted by Gasteiger charge is -2.06. The van der Waals surface area contributed by atoms with Crippen molar-refractivity contribution < 1.29 is 13.2 Å². The predicted molar refractivity (Wildman–Crippen MR) is 75.9 cm³/mol. The second-order valence-corrected chi connectivity index (χ2v) is 5.57. The molecule has 0 aliphatic rings. The third kappa shape index (κ3) is 2.20. The molecular formula is C15H9F3N2S. The molecule has 0 saturated carbocycles. The fraction of sp³-hybridized carbons (Fsp3) is 0.133. The van der Waals surface area contributed by atoms with Crippen molar-refractivity contribution in [2.24, 2.45) is 7.05 Å². The first kappa shape index (κ1) is 13.7. The fourth-order valence-corrected chi connectivity index (χ4v) is 3.20. The Hall–Kier alpha value is -2.26. The molecule has 0 aliphatic carbocycles. The summed E-state index contributed by atoms with van der Waals surface area (Å²) in [6, 6.07) is 8.52. The maximum Gasteiger partial charge on any atom is 0.426 e. The van der Waals surface area contributed by atoms with E-state index in [1.807, 2.05) is 6.07 Å². The molecule has 0 fully saturated rings. The number of hydrogen-bond acceptors (Lipinski definition) is 2. The van der Waals surface area contributed by atoms with Gasteiger partial charge in [-0.05, 0) is 29.6 Å². The topological polar surface area (TPSA) is 28.7 Å². The van der Waals surface area contributed by atoms with E-state index in [0.717, 1.165) is 5.52 Å². The molecule has 0 unspecified atom stereocenters. The molecule has 0 saturated heterocycles. The Kier molecular flexibility index (Phi) is 3.03. The van der Waals surface area contributed by atoms with Crippen molar-refractivity contribution in [2.75, 3.05) is 0 Å². The van der Waals surface area contributed by atoms with Crippen LogP contribution in [0.5, 0.6) is 0 Å². The van der Waals surface area contributed by atoms with E-state index in [4.69, 9.17) is 5.26 Å². The van der Waals surface area contributed by atoms with Crippen LogP contribution in [0.3, 0.4) is 0 Å². The van der Waals surface area contributed by atoms with Crippen LogP contribution in [0.4, 0.5) is 13.2 Å². The molecule has 2 aromatic heterocycles. The number of hydrogen-bond donors (Lipinski definition) is 0. The van der Waals surface area contributed by atoms with E-state index >= 15 is 0 Å². The summed E-state index contributed by atoms with van der Waals surface area (Å²) in [7, 11) is 1.78. The van der Waals surface area contributed by atoms with Gasteiger partial charge in [0.25, 0.3) is 0 Å². The quantitative estimate of drug-likeness (QED) is 0.635. The van der Waals surface area contributed by atoms with Gasteiger partial charge in [-0.2, -0.15) is 18.4 Å². The summed E-state index contributed by atoms with van der Waals surface area (Å²) >= 11 is 0.680. The zero-order chi connectivity index (χ0) is 15.2. The summed E-state index contributed by atoms with van der Waals surface area (Å²) in [4.78, 5) is -0.614. The van der Waals surface area contributed by atoms with Crippen LogP contribution in [-0.2, 0) is 13.2 Å². The highest BCUT2D eigenvalue weighted by Crippen LogP contribution is 2.43. The van der Waals surface area contributed by atoms with E-state index in [9.17, 15) is 13.2 Å². The van der Waals surface area contributed by atoms with Crippen molar-refractivity contribution in [3.8, 4) is 17.2 Å². The van der Waals surface area contributed by atoms with E-state index in [0.29, 0.717) is 27.8 Å². The van der Waals surface area contributed by atoms with Gasteiger partial charge in [0.1, 0.15) is 4.88 Å². The van der Waals surface area contributed by atoms with Crippen LogP contribution in [0, 0.1) is 11.3 Å². The van der Waals surface area contributed by atoms with Gasteiger partial charge in [0.05, 0.1) is 11.6 Å². The summed E-state index contributed by atoms with van der Waals surface area (Å²) in [6.07, 6.45) is -2.71. The van der Waals surface area contributed by atoms with Crippen LogP contribution in [0.2, 0.25) is 0 Å². The minimum atomic E-state index is -4.38. The number of halogens is 3. The molecule has 0 aliphatic heterocycles. The van der Waals surface area contributed by atoms with Gasteiger partial charge in [-0.3, -0.25) is 0 Å². The maximum atomic E-state index is 13.1. The molecule has 0 amide bonds. The van der Waals surface area contributed by atoms with Crippen LogP contribution < -0.4 is 0 Å². The van der Waals surface area contributed by atoms with Crippen molar-refractivity contribution in [1.82, 2.24) is 4.57 Å². The average molecular weight is 306 g/mol. The molecular weight excluding hydrogens is 297 g/mol. The molecule has 3 rings (SSSR count). The normalized spacial score (nSPS) is 11.8. The van der Waals surface area contributed by atoms with Crippen molar-refractivity contribution in [3.63, 3.8) is 0 Å². The van der Waals surface area contributed by atoms with Crippen LogP contribution >= 0.6 is 11.3 Å². The standard InChI is InChI=1S/C15H9F3N2S/c1-20-8-12(10-4-5-21-14(10)15(16,17)18)11-6-9(7-19)2-3-13(11)20/h2-6,8H,1H3. The zero-order valence-electron chi connectivity index (χ0n) is 10.9. The van der Waals surface area contributed by atoms with Crippen LogP contribution in [0.1, 0.15) is 10.4 Å². The molecule has 0 atom stereocenters. The molecule has 106 valence electrons. The molecule has 2 heterocycles. The average Bonchev–Trinajstić information content (AvgIpc) is 3.03. The Morgan fingerprint density at radius 1 is 1.19 bits per heavy atom. The van der Waals surface area contributed by atoms with Crippen molar-refractivity contribution in [1.29, 1.82) is 5.26 Å². The third-order valence-corrected chi connectivity index (χ3v) is 4.29. The van der Waals surface area contributed by atoms with Crippen molar-refractivity contribution >= 4 is 22.2 Å². The Bertz CT molecular complexity index is 865. The highest BCUT2D eigenvalue weighted by molar-refractivity contribution is 7.10. The zero-order valence-corrected chi connectivity index (χ0v) is 11.7. The van der Waals surface area contributed by atoms with E-state index in [2.05, 4.69) is 0 Å². The van der Waals surface area contributed by atoms with Crippen LogP contribution in [0.25, 0.3) is 22.0 Å². The second-order valence-electron chi connectivity index (χ2n) is 4.66. The van der Waals surface area contributed by atoms with Gasteiger partial charge >= 0.3 is 6.18 Å². The fourth-order valence-electron chi connectivity index (χ4n) is 2.42. The number of thiophene rings is 1. The molecule has 3 aromatic rings. The Labute approximate surface area is 122 Å². The highest BCUT2D eigenvalue weighted by Gasteiger charge is 2.35. The number of fused-ring (bicyclic) bond motifs is 1. The molecule has 0 radical (unpaired) electrons. The first-order chi connectivity index (χ1) is 9.91. The van der Waals surface area contributed by atoms with E-state index in [-0.39, 0.29) is 5.56 Å². The number of aromatic nitrogens is 1. The SMILES string of the molecule is Cn1cc(-c2ccsc2C(F)(F)F)c2cc(C#N)ccc21. The number of rotatable bonds is 1. The molecule has 0 bridgehead atoms. The van der Waals surface area contributed by atoms with E-state index < -0.39 is 11.1 Å². The summed E-state index contributed by atoms with van der Waals surface area (Å²) < 4.78 is 41.0. The summed E-state index contributed by atoms with van der Waals surface area (Å²) in [5.41, 5.74) is 1.88. The largest absolute Gasteiger partial charge is 0.426 e. The Balaban J connectivity index is 2.31. The van der Waals surface area contributed by atoms with E-state index in [1.54, 1.807) is 36.0 Å². The van der Waals surface area contributed by atoms with Gasteiger partial charge in [0.2, 0.25) is 0 Å². The number of alkyl halides is 3. The number of aryl methyl sites for hydroxylation is 1. The number of nitrogens with zero attached hydrogens (tertiary/aromatic N) is 2. The number of nitriles is 1. The summed E-state index contributed by atoms with van der Waals surface area (Å²) in [5, 5.41) is 11.1. The van der Waals surface area contributed by atoms with Gasteiger partial charge in [-0.15, -0.1) is 11.3 Å². The molecule has 6 heteroatoms. The summed E-state index contributed by atoms with van der Waals surface area (Å²) in [5.74, 6) is 0. The monoisotopic (exact) mass is 306 g/mol. The molecule has 21 heavy (non-hydrogen) atoms. The minimum absolute atomic E-state index is 0.160. The lowest BCUT2D eigenvalue weighted by molar-refractivity contribution is -0.133. The molecule has 0 spiro atoms. The van der Waals surface area contributed by atoms with Gasteiger partial charge in [0, 0.05) is 35.3 Å². The Morgan fingerprint density at radius 2 is 1.95 bits per heavy atom. The minimum Gasteiger partial charge on any atom is -0.350 e. The summed E-state index contributed by atoms with van der Waals surface area (Å²) in [6.45, 7) is 0. The lowest BCUT2D eigenvalue weighted by Crippen LogP contribution is -2.03. The van der Waals surface area contributed by atoms with Crippen LogP contribution in [-0.4, -0.2) is 4.57 Å².